The second kappa shape index (κ2) is 7.90. The van der Waals surface area contributed by atoms with Crippen LogP contribution in [0.25, 0.3) is 0 Å². The van der Waals surface area contributed by atoms with E-state index in [0.717, 1.165) is 19.5 Å². The Balaban J connectivity index is 2.13. The SMILES string of the molecule is CN(CCNCCc1ccccc1)C(=O)OC(C)(C)C. The Kier molecular flexibility index (Phi) is 6.52. The molecule has 4 heteroatoms. The molecular weight excluding hydrogens is 252 g/mol. The number of carbonyl (C=O) groups is 1. The van der Waals surface area contributed by atoms with Crippen LogP contribution in [0.3, 0.4) is 0 Å². The highest BCUT2D eigenvalue weighted by molar-refractivity contribution is 5.67. The minimum absolute atomic E-state index is 0.276. The second-order valence-electron chi connectivity index (χ2n) is 5.89. The van der Waals surface area contributed by atoms with Crippen molar-refractivity contribution in [2.75, 3.05) is 26.7 Å². The molecule has 0 atom stereocenters. The maximum atomic E-state index is 11.7. The molecular formula is C16H26N2O2. The van der Waals surface area contributed by atoms with E-state index >= 15 is 0 Å². The molecule has 0 saturated carbocycles. The van der Waals surface area contributed by atoms with Gasteiger partial charge in [-0.2, -0.15) is 0 Å². The Bertz CT molecular complexity index is 399. The highest BCUT2D eigenvalue weighted by Crippen LogP contribution is 2.08. The van der Waals surface area contributed by atoms with Gasteiger partial charge >= 0.3 is 6.09 Å². The lowest BCUT2D eigenvalue weighted by Crippen LogP contribution is -2.38. The van der Waals surface area contributed by atoms with E-state index < -0.39 is 5.60 Å². The number of nitrogens with one attached hydrogen (secondary N) is 1. The number of likely N-dealkylation sites (N-methyl/N-ethyl adjacent to an activating group) is 1. The van der Waals surface area contributed by atoms with Gasteiger partial charge in [-0.15, -0.1) is 0 Å². The Morgan fingerprint density at radius 1 is 1.20 bits per heavy atom. The van der Waals surface area contributed by atoms with E-state index in [-0.39, 0.29) is 6.09 Å². The molecule has 1 amide bonds. The maximum absolute atomic E-state index is 11.7. The summed E-state index contributed by atoms with van der Waals surface area (Å²) in [7, 11) is 1.76. The van der Waals surface area contributed by atoms with Crippen LogP contribution in [0.4, 0.5) is 4.79 Å². The van der Waals surface area contributed by atoms with Crippen LogP contribution in [0.15, 0.2) is 30.3 Å². The van der Waals surface area contributed by atoms with E-state index in [0.29, 0.717) is 6.54 Å². The molecule has 0 fully saturated rings. The standard InChI is InChI=1S/C16H26N2O2/c1-16(2,3)20-15(19)18(4)13-12-17-11-10-14-8-6-5-7-9-14/h5-9,17H,10-13H2,1-4H3. The summed E-state index contributed by atoms with van der Waals surface area (Å²) in [6.07, 6.45) is 0.721. The normalized spacial score (nSPS) is 11.2. The molecule has 4 nitrogen and oxygen atoms in total. The molecule has 0 heterocycles. The molecule has 1 rings (SSSR count). The van der Waals surface area contributed by atoms with Crippen molar-refractivity contribution in [2.24, 2.45) is 0 Å². The van der Waals surface area contributed by atoms with Crippen molar-refractivity contribution < 1.29 is 9.53 Å². The third-order valence-corrected chi connectivity index (χ3v) is 2.76. The molecule has 0 aliphatic heterocycles. The van der Waals surface area contributed by atoms with E-state index in [1.165, 1.54) is 5.56 Å². The van der Waals surface area contributed by atoms with E-state index in [1.807, 2.05) is 39.0 Å². The number of carbonyl (C=O) groups excluding carboxylic acids is 1. The molecule has 0 bridgehead atoms. The fourth-order valence-corrected chi connectivity index (χ4v) is 1.68. The van der Waals surface area contributed by atoms with E-state index in [2.05, 4.69) is 17.4 Å². The summed E-state index contributed by atoms with van der Waals surface area (Å²) in [6.45, 7) is 7.93. The average molecular weight is 278 g/mol. The van der Waals surface area contributed by atoms with E-state index in [9.17, 15) is 4.79 Å². The highest BCUT2D eigenvalue weighted by atomic mass is 16.6. The van der Waals surface area contributed by atoms with Crippen molar-refractivity contribution in [3.63, 3.8) is 0 Å². The van der Waals surface area contributed by atoms with Crippen LogP contribution in [0.2, 0.25) is 0 Å². The molecule has 0 radical (unpaired) electrons. The largest absolute Gasteiger partial charge is 0.444 e. The summed E-state index contributed by atoms with van der Waals surface area (Å²) in [5.41, 5.74) is 0.881. The lowest BCUT2D eigenvalue weighted by Gasteiger charge is -2.24. The molecule has 0 unspecified atom stereocenters. The van der Waals surface area contributed by atoms with Crippen LogP contribution in [0.1, 0.15) is 26.3 Å². The van der Waals surface area contributed by atoms with Crippen LogP contribution in [-0.4, -0.2) is 43.3 Å². The van der Waals surface area contributed by atoms with Crippen molar-refractivity contribution in [2.45, 2.75) is 32.8 Å². The number of hydrogen-bond donors (Lipinski definition) is 1. The first-order chi connectivity index (χ1) is 9.38. The Morgan fingerprint density at radius 2 is 1.85 bits per heavy atom. The molecule has 0 aliphatic rings. The fraction of sp³-hybridized carbons (Fsp3) is 0.562. The van der Waals surface area contributed by atoms with Gasteiger partial charge in [0.15, 0.2) is 0 Å². The van der Waals surface area contributed by atoms with Crippen molar-refractivity contribution in [3.8, 4) is 0 Å². The number of nitrogens with zero attached hydrogens (tertiary/aromatic N) is 1. The first-order valence-electron chi connectivity index (χ1n) is 7.07. The summed E-state index contributed by atoms with van der Waals surface area (Å²) in [5.74, 6) is 0. The zero-order valence-electron chi connectivity index (χ0n) is 13.0. The molecule has 0 aromatic heterocycles. The van der Waals surface area contributed by atoms with Gasteiger partial charge < -0.3 is 15.0 Å². The zero-order chi connectivity index (χ0) is 15.0. The summed E-state index contributed by atoms with van der Waals surface area (Å²) in [4.78, 5) is 13.3. The first kappa shape index (κ1) is 16.5. The molecule has 0 saturated heterocycles. The second-order valence-corrected chi connectivity index (χ2v) is 5.89. The van der Waals surface area contributed by atoms with Crippen molar-refractivity contribution >= 4 is 6.09 Å². The van der Waals surface area contributed by atoms with Gasteiger partial charge in [0.1, 0.15) is 5.60 Å². The van der Waals surface area contributed by atoms with Gasteiger partial charge in [0, 0.05) is 20.1 Å². The van der Waals surface area contributed by atoms with E-state index in [4.69, 9.17) is 4.74 Å². The molecule has 1 N–H and O–H groups in total. The van der Waals surface area contributed by atoms with Gasteiger partial charge in [-0.05, 0) is 39.3 Å². The predicted molar refractivity (Wildman–Crippen MR) is 81.9 cm³/mol. The third-order valence-electron chi connectivity index (χ3n) is 2.76. The smallest absolute Gasteiger partial charge is 0.410 e. The third kappa shape index (κ3) is 7.14. The summed E-state index contributed by atoms with van der Waals surface area (Å²) in [6, 6.07) is 10.4. The van der Waals surface area contributed by atoms with Crippen LogP contribution < -0.4 is 5.32 Å². The molecule has 20 heavy (non-hydrogen) atoms. The number of rotatable bonds is 6. The first-order valence-corrected chi connectivity index (χ1v) is 7.07. The minimum atomic E-state index is -0.438. The summed E-state index contributed by atoms with van der Waals surface area (Å²) < 4.78 is 5.29. The number of hydrogen-bond acceptors (Lipinski definition) is 3. The number of ether oxygens (including phenoxy) is 1. The van der Waals surface area contributed by atoms with E-state index in [1.54, 1.807) is 11.9 Å². The number of benzene rings is 1. The Morgan fingerprint density at radius 3 is 2.45 bits per heavy atom. The monoisotopic (exact) mass is 278 g/mol. The Hall–Kier alpha value is -1.55. The number of amides is 1. The quantitative estimate of drug-likeness (QED) is 0.813. The van der Waals surface area contributed by atoms with Crippen LogP contribution in [0, 0.1) is 0 Å². The molecule has 0 aliphatic carbocycles. The predicted octanol–water partition coefficient (Wildman–Crippen LogP) is 2.69. The average Bonchev–Trinajstić information content (AvgIpc) is 2.37. The molecule has 0 spiro atoms. The van der Waals surface area contributed by atoms with Crippen molar-refractivity contribution in [1.29, 1.82) is 0 Å². The maximum Gasteiger partial charge on any atom is 0.410 e. The van der Waals surface area contributed by atoms with Crippen LogP contribution in [-0.2, 0) is 11.2 Å². The van der Waals surface area contributed by atoms with Gasteiger partial charge in [-0.3, -0.25) is 0 Å². The highest BCUT2D eigenvalue weighted by Gasteiger charge is 2.18. The molecule has 1 aromatic rings. The Labute approximate surface area is 122 Å². The summed E-state index contributed by atoms with van der Waals surface area (Å²) >= 11 is 0. The zero-order valence-corrected chi connectivity index (χ0v) is 13.0. The minimum Gasteiger partial charge on any atom is -0.444 e. The van der Waals surface area contributed by atoms with Crippen molar-refractivity contribution in [1.82, 2.24) is 10.2 Å². The van der Waals surface area contributed by atoms with Gasteiger partial charge in [0.25, 0.3) is 0 Å². The topological polar surface area (TPSA) is 41.6 Å². The molecule has 112 valence electrons. The lowest BCUT2D eigenvalue weighted by molar-refractivity contribution is 0.0300. The van der Waals surface area contributed by atoms with Crippen LogP contribution in [0.5, 0.6) is 0 Å². The summed E-state index contributed by atoms with van der Waals surface area (Å²) in [5, 5.41) is 3.33. The van der Waals surface area contributed by atoms with Crippen LogP contribution >= 0.6 is 0 Å². The lowest BCUT2D eigenvalue weighted by atomic mass is 10.1. The molecule has 1 aromatic carbocycles. The fourth-order valence-electron chi connectivity index (χ4n) is 1.68. The van der Waals surface area contributed by atoms with Gasteiger partial charge in [-0.1, -0.05) is 30.3 Å². The van der Waals surface area contributed by atoms with Crippen molar-refractivity contribution in [3.05, 3.63) is 35.9 Å². The van der Waals surface area contributed by atoms with Gasteiger partial charge in [0.05, 0.1) is 0 Å². The van der Waals surface area contributed by atoms with Gasteiger partial charge in [0.2, 0.25) is 0 Å². The van der Waals surface area contributed by atoms with Gasteiger partial charge in [-0.25, -0.2) is 4.79 Å².